The molecular weight excluding hydrogens is 372 g/mol. The second-order valence-electron chi connectivity index (χ2n) is 7.17. The van der Waals surface area contributed by atoms with Crippen molar-refractivity contribution in [3.63, 3.8) is 0 Å². The molecule has 1 heterocycles. The zero-order valence-electron chi connectivity index (χ0n) is 16.0. The number of anilines is 2. The van der Waals surface area contributed by atoms with Crippen LogP contribution in [0.3, 0.4) is 0 Å². The summed E-state index contributed by atoms with van der Waals surface area (Å²) in [6, 6.07) is 6.41. The van der Waals surface area contributed by atoms with Gasteiger partial charge in [-0.1, -0.05) is 24.3 Å². The van der Waals surface area contributed by atoms with E-state index >= 15 is 0 Å². The molecule has 0 aliphatic heterocycles. The predicted octanol–water partition coefficient (Wildman–Crippen LogP) is 0.973. The standard InChI is InChI=1S/C21H20N4O4/c1-9(29-2)7-8-25-20(24)14-15(21(25)28)17(23)13-12(16(14)22)18(26)10-5-3-4-6-11(10)19(13)27/h3-6,9,24H,7-8,22-23H2,1-2H3. The summed E-state index contributed by atoms with van der Waals surface area (Å²) in [4.78, 5) is 39.2. The van der Waals surface area contributed by atoms with Crippen LogP contribution in [0.1, 0.15) is 13.3 Å². The molecule has 0 saturated carbocycles. The molecule has 3 aromatic carbocycles. The Kier molecular flexibility index (Phi) is 4.24. The molecular formula is C21H20N4O4. The third kappa shape index (κ3) is 2.49. The lowest BCUT2D eigenvalue weighted by atomic mass is 9.97. The number of nitrogens with one attached hydrogen (secondary N) is 1. The number of ether oxygens (including phenoxy) is 1. The molecule has 0 fully saturated rings. The molecule has 8 heteroatoms. The summed E-state index contributed by atoms with van der Waals surface area (Å²) < 4.78 is 6.45. The molecule has 0 bridgehead atoms. The van der Waals surface area contributed by atoms with Gasteiger partial charge < -0.3 is 16.2 Å². The summed E-state index contributed by atoms with van der Waals surface area (Å²) in [6.07, 6.45) is 0.390. The number of benzene rings is 3. The molecule has 0 aliphatic carbocycles. The second-order valence-corrected chi connectivity index (χ2v) is 7.17. The number of methoxy groups -OCH3 is 1. The summed E-state index contributed by atoms with van der Waals surface area (Å²) in [5.74, 6) is 0. The SMILES string of the molecule is COC(C)CCn1c(=N)c2c(N)c3c(=O)c4ccccc4c(=O)c3c(N)c2c1=O. The van der Waals surface area contributed by atoms with Crippen molar-refractivity contribution in [2.24, 2.45) is 0 Å². The Balaban J connectivity index is 2.20. The van der Waals surface area contributed by atoms with Gasteiger partial charge in [-0.15, -0.1) is 0 Å². The van der Waals surface area contributed by atoms with E-state index in [-0.39, 0.29) is 61.8 Å². The minimum atomic E-state index is -0.501. The lowest BCUT2D eigenvalue weighted by Gasteiger charge is -2.08. The van der Waals surface area contributed by atoms with Crippen LogP contribution in [0, 0.1) is 5.41 Å². The van der Waals surface area contributed by atoms with Crippen LogP contribution < -0.4 is 33.4 Å². The first-order valence-corrected chi connectivity index (χ1v) is 9.16. The smallest absolute Gasteiger partial charge is 0.262 e. The van der Waals surface area contributed by atoms with Gasteiger partial charge in [0, 0.05) is 24.4 Å². The van der Waals surface area contributed by atoms with E-state index in [1.54, 1.807) is 31.4 Å². The van der Waals surface area contributed by atoms with Crippen LogP contribution in [-0.2, 0) is 11.3 Å². The van der Waals surface area contributed by atoms with Gasteiger partial charge in [-0.2, -0.15) is 0 Å². The van der Waals surface area contributed by atoms with Crippen LogP contribution in [0.25, 0.3) is 32.3 Å². The largest absolute Gasteiger partial charge is 0.397 e. The number of hydrogen-bond donors (Lipinski definition) is 3. The maximum atomic E-state index is 13.1. The normalized spacial score (nSPS) is 12.9. The molecule has 4 aromatic rings. The van der Waals surface area contributed by atoms with Crippen molar-refractivity contribution in [3.8, 4) is 0 Å². The first kappa shape index (κ1) is 18.8. The fourth-order valence-corrected chi connectivity index (χ4v) is 3.89. The molecule has 1 aromatic heterocycles. The molecule has 148 valence electrons. The van der Waals surface area contributed by atoms with Crippen molar-refractivity contribution in [3.05, 3.63) is 60.6 Å². The van der Waals surface area contributed by atoms with Gasteiger partial charge in [0.2, 0.25) is 0 Å². The maximum Gasteiger partial charge on any atom is 0.262 e. The Morgan fingerprint density at radius 2 is 1.48 bits per heavy atom. The number of nitrogens with zero attached hydrogens (tertiary/aromatic N) is 1. The van der Waals surface area contributed by atoms with Gasteiger partial charge in [-0.05, 0) is 13.3 Å². The zero-order chi connectivity index (χ0) is 21.0. The summed E-state index contributed by atoms with van der Waals surface area (Å²) >= 11 is 0. The van der Waals surface area contributed by atoms with E-state index in [0.717, 1.165) is 0 Å². The molecule has 8 nitrogen and oxygen atoms in total. The van der Waals surface area contributed by atoms with Crippen molar-refractivity contribution in [2.45, 2.75) is 26.0 Å². The molecule has 1 atom stereocenters. The lowest BCUT2D eigenvalue weighted by Crippen LogP contribution is -2.27. The fraction of sp³-hybridized carbons (Fsp3) is 0.238. The highest BCUT2D eigenvalue weighted by molar-refractivity contribution is 6.20. The molecule has 0 saturated heterocycles. The Bertz CT molecular complexity index is 1400. The van der Waals surface area contributed by atoms with E-state index in [0.29, 0.717) is 6.42 Å². The van der Waals surface area contributed by atoms with Crippen LogP contribution >= 0.6 is 0 Å². The minimum Gasteiger partial charge on any atom is -0.397 e. The second kappa shape index (κ2) is 6.52. The highest BCUT2D eigenvalue weighted by atomic mass is 16.5. The van der Waals surface area contributed by atoms with Crippen LogP contribution in [0.15, 0.2) is 38.6 Å². The topological polar surface area (TPSA) is 141 Å². The highest BCUT2D eigenvalue weighted by Gasteiger charge is 2.24. The van der Waals surface area contributed by atoms with Gasteiger partial charge in [-0.3, -0.25) is 24.4 Å². The number of fused-ring (bicyclic) bond motifs is 3. The number of nitrogen functional groups attached to an aromatic ring is 2. The average molecular weight is 392 g/mol. The number of rotatable bonds is 4. The number of aromatic nitrogens is 1. The van der Waals surface area contributed by atoms with Crippen LogP contribution in [0.4, 0.5) is 11.4 Å². The van der Waals surface area contributed by atoms with E-state index in [1.807, 2.05) is 6.92 Å². The Morgan fingerprint density at radius 3 is 2.00 bits per heavy atom. The summed E-state index contributed by atoms with van der Waals surface area (Å²) in [7, 11) is 1.56. The van der Waals surface area contributed by atoms with Gasteiger partial charge in [-0.25, -0.2) is 0 Å². The molecule has 0 aliphatic rings. The zero-order valence-corrected chi connectivity index (χ0v) is 16.0. The monoisotopic (exact) mass is 392 g/mol. The minimum absolute atomic E-state index is 0.0110. The quantitative estimate of drug-likeness (QED) is 0.268. The Labute approximate surface area is 164 Å². The third-order valence-electron chi connectivity index (χ3n) is 5.58. The average Bonchev–Trinajstić information content (AvgIpc) is 2.97. The van der Waals surface area contributed by atoms with Gasteiger partial charge in [0.05, 0.1) is 39.0 Å². The van der Waals surface area contributed by atoms with Crippen molar-refractivity contribution in [1.29, 1.82) is 5.41 Å². The van der Waals surface area contributed by atoms with Crippen molar-refractivity contribution >= 4 is 43.7 Å². The van der Waals surface area contributed by atoms with Crippen LogP contribution in [0.2, 0.25) is 0 Å². The van der Waals surface area contributed by atoms with Gasteiger partial charge in [0.25, 0.3) is 5.56 Å². The van der Waals surface area contributed by atoms with Crippen LogP contribution in [0.5, 0.6) is 0 Å². The number of hydrogen-bond acceptors (Lipinski definition) is 7. The van der Waals surface area contributed by atoms with Gasteiger partial charge in [0.15, 0.2) is 10.9 Å². The molecule has 1 unspecified atom stereocenters. The van der Waals surface area contributed by atoms with Gasteiger partial charge in [0.1, 0.15) is 5.49 Å². The van der Waals surface area contributed by atoms with Crippen LogP contribution in [-0.4, -0.2) is 17.8 Å². The van der Waals surface area contributed by atoms with E-state index in [1.165, 1.54) is 4.57 Å². The number of nitrogens with two attached hydrogens (primary N) is 2. The lowest BCUT2D eigenvalue weighted by molar-refractivity contribution is 0.106. The summed E-state index contributed by atoms with van der Waals surface area (Å²) in [5.41, 5.74) is 10.8. The maximum absolute atomic E-state index is 13.1. The summed E-state index contributed by atoms with van der Waals surface area (Å²) in [6.45, 7) is 2.08. The van der Waals surface area contributed by atoms with E-state index < -0.39 is 16.4 Å². The van der Waals surface area contributed by atoms with Crippen molar-refractivity contribution in [1.82, 2.24) is 4.57 Å². The Hall–Kier alpha value is -3.52. The van der Waals surface area contributed by atoms with Crippen molar-refractivity contribution in [2.75, 3.05) is 18.6 Å². The molecule has 5 N–H and O–H groups in total. The first-order chi connectivity index (χ1) is 13.8. The van der Waals surface area contributed by atoms with Crippen molar-refractivity contribution < 1.29 is 4.74 Å². The van der Waals surface area contributed by atoms with E-state index in [9.17, 15) is 14.4 Å². The molecule has 0 amide bonds. The van der Waals surface area contributed by atoms with E-state index in [4.69, 9.17) is 21.6 Å². The van der Waals surface area contributed by atoms with Gasteiger partial charge >= 0.3 is 0 Å². The Morgan fingerprint density at radius 1 is 0.966 bits per heavy atom. The summed E-state index contributed by atoms with van der Waals surface area (Å²) in [5, 5.41) is 8.96. The fourth-order valence-electron chi connectivity index (χ4n) is 3.89. The molecule has 29 heavy (non-hydrogen) atoms. The van der Waals surface area contributed by atoms with E-state index in [2.05, 4.69) is 0 Å². The first-order valence-electron chi connectivity index (χ1n) is 9.16. The predicted molar refractivity (Wildman–Crippen MR) is 114 cm³/mol. The third-order valence-corrected chi connectivity index (χ3v) is 5.58. The molecule has 4 rings (SSSR count). The molecule has 0 spiro atoms. The molecule has 0 radical (unpaired) electrons. The highest BCUT2D eigenvalue weighted by Crippen LogP contribution is 2.31.